The van der Waals surface area contributed by atoms with E-state index in [9.17, 15) is 8.42 Å². The van der Waals surface area contributed by atoms with Crippen molar-refractivity contribution in [2.45, 2.75) is 25.3 Å². The molecule has 2 heterocycles. The van der Waals surface area contributed by atoms with Crippen LogP contribution in [-0.2, 0) is 23.6 Å². The molecule has 9 heteroatoms. The number of aromatic nitrogens is 4. The van der Waals surface area contributed by atoms with E-state index in [1.807, 2.05) is 6.92 Å². The van der Waals surface area contributed by atoms with Gasteiger partial charge in [-0.3, -0.25) is 14.5 Å². The second-order valence-electron chi connectivity index (χ2n) is 4.41. The van der Waals surface area contributed by atoms with Gasteiger partial charge in [-0.25, -0.2) is 8.42 Å². The monoisotopic (exact) mass is 298 g/mol. The van der Waals surface area contributed by atoms with Crippen molar-refractivity contribution in [3.05, 3.63) is 23.8 Å². The van der Waals surface area contributed by atoms with E-state index in [1.54, 1.807) is 20.2 Å². The van der Waals surface area contributed by atoms with Gasteiger partial charge in [0.2, 0.25) is 0 Å². The van der Waals surface area contributed by atoms with Gasteiger partial charge in [0.15, 0.2) is 0 Å². The van der Waals surface area contributed by atoms with Crippen LogP contribution in [0.4, 0.5) is 5.69 Å². The van der Waals surface area contributed by atoms with Crippen LogP contribution in [0.5, 0.6) is 0 Å². The highest BCUT2D eigenvalue weighted by Crippen LogP contribution is 2.21. The lowest BCUT2D eigenvalue weighted by Crippen LogP contribution is -2.18. The van der Waals surface area contributed by atoms with Crippen molar-refractivity contribution in [1.82, 2.24) is 25.3 Å². The average Bonchev–Trinajstić information content (AvgIpc) is 2.93. The summed E-state index contributed by atoms with van der Waals surface area (Å²) in [6.07, 6.45) is 3.05. The molecule has 0 aliphatic rings. The van der Waals surface area contributed by atoms with Crippen molar-refractivity contribution in [1.29, 1.82) is 0 Å². The van der Waals surface area contributed by atoms with Gasteiger partial charge in [0, 0.05) is 19.8 Å². The molecule has 0 aliphatic heterocycles. The maximum atomic E-state index is 12.4. The molecular weight excluding hydrogens is 280 g/mol. The van der Waals surface area contributed by atoms with Crippen molar-refractivity contribution in [2.75, 3.05) is 11.3 Å². The van der Waals surface area contributed by atoms with E-state index in [4.69, 9.17) is 0 Å². The first kappa shape index (κ1) is 14.5. The summed E-state index contributed by atoms with van der Waals surface area (Å²) in [6.45, 7) is 4.76. The molecule has 0 atom stereocenters. The molecule has 0 saturated heterocycles. The number of hydrogen-bond acceptors (Lipinski definition) is 5. The average molecular weight is 298 g/mol. The molecule has 3 N–H and O–H groups in total. The van der Waals surface area contributed by atoms with Gasteiger partial charge in [-0.2, -0.15) is 10.2 Å². The van der Waals surface area contributed by atoms with Gasteiger partial charge in [-0.05, 0) is 13.5 Å². The van der Waals surface area contributed by atoms with E-state index >= 15 is 0 Å². The van der Waals surface area contributed by atoms with Crippen LogP contribution >= 0.6 is 0 Å². The highest BCUT2D eigenvalue weighted by atomic mass is 32.2. The van der Waals surface area contributed by atoms with Crippen LogP contribution < -0.4 is 10.0 Å². The molecule has 0 fully saturated rings. The van der Waals surface area contributed by atoms with Crippen molar-refractivity contribution >= 4 is 15.7 Å². The molecule has 2 aromatic heterocycles. The first-order valence-corrected chi connectivity index (χ1v) is 7.68. The fourth-order valence-corrected chi connectivity index (χ4v) is 3.26. The first-order valence-electron chi connectivity index (χ1n) is 6.20. The zero-order chi connectivity index (χ0) is 14.8. The van der Waals surface area contributed by atoms with Gasteiger partial charge in [0.25, 0.3) is 10.0 Å². The van der Waals surface area contributed by atoms with E-state index < -0.39 is 10.0 Å². The smallest absolute Gasteiger partial charge is 0.265 e. The van der Waals surface area contributed by atoms with E-state index in [2.05, 4.69) is 25.3 Å². The molecule has 0 aliphatic carbocycles. The van der Waals surface area contributed by atoms with Gasteiger partial charge in [0.05, 0.1) is 23.3 Å². The highest BCUT2D eigenvalue weighted by Gasteiger charge is 2.24. The molecule has 110 valence electrons. The molecule has 0 aromatic carbocycles. The van der Waals surface area contributed by atoms with Gasteiger partial charge in [0.1, 0.15) is 4.90 Å². The third-order valence-electron chi connectivity index (χ3n) is 2.73. The number of aryl methyl sites for hydroxylation is 2. The Morgan fingerprint density at radius 1 is 1.45 bits per heavy atom. The van der Waals surface area contributed by atoms with Crippen LogP contribution in [0, 0.1) is 6.92 Å². The Morgan fingerprint density at radius 2 is 2.20 bits per heavy atom. The number of aromatic amines is 1. The largest absolute Gasteiger partial charge is 0.311 e. The van der Waals surface area contributed by atoms with Crippen LogP contribution in [0.15, 0.2) is 17.3 Å². The van der Waals surface area contributed by atoms with Crippen molar-refractivity contribution in [3.63, 3.8) is 0 Å². The first-order chi connectivity index (χ1) is 9.44. The van der Waals surface area contributed by atoms with Crippen LogP contribution in [0.1, 0.15) is 18.3 Å². The number of nitrogens with one attached hydrogen (secondary N) is 3. The van der Waals surface area contributed by atoms with Crippen molar-refractivity contribution in [2.24, 2.45) is 7.05 Å². The summed E-state index contributed by atoms with van der Waals surface area (Å²) in [4.78, 5) is 0.183. The minimum absolute atomic E-state index is 0.183. The standard InChI is InChI=1S/C11H18N6O2S/c1-4-12-6-10-11(8(2)14-15-10)20(18,19)16-9-5-13-17(3)7-9/h5,7,12,16H,4,6H2,1-3H3,(H,14,15). The summed E-state index contributed by atoms with van der Waals surface area (Å²) >= 11 is 0. The molecule has 0 bridgehead atoms. The Bertz CT molecular complexity index is 688. The number of sulfonamides is 1. The van der Waals surface area contributed by atoms with Gasteiger partial charge in [-0.15, -0.1) is 0 Å². The Balaban J connectivity index is 2.31. The van der Waals surface area contributed by atoms with Crippen LogP contribution in [-0.4, -0.2) is 34.9 Å². The Morgan fingerprint density at radius 3 is 2.80 bits per heavy atom. The van der Waals surface area contributed by atoms with Gasteiger partial charge in [-0.1, -0.05) is 6.92 Å². The number of hydrogen-bond donors (Lipinski definition) is 3. The summed E-state index contributed by atoms with van der Waals surface area (Å²) in [7, 11) is -1.97. The van der Waals surface area contributed by atoms with Gasteiger partial charge >= 0.3 is 0 Å². The molecule has 8 nitrogen and oxygen atoms in total. The number of rotatable bonds is 6. The molecule has 0 saturated carbocycles. The summed E-state index contributed by atoms with van der Waals surface area (Å²) in [5, 5.41) is 13.7. The fraction of sp³-hybridized carbons (Fsp3) is 0.455. The lowest BCUT2D eigenvalue weighted by atomic mass is 10.3. The van der Waals surface area contributed by atoms with E-state index in [0.29, 0.717) is 23.6 Å². The lowest BCUT2D eigenvalue weighted by molar-refractivity contribution is 0.597. The summed E-state index contributed by atoms with van der Waals surface area (Å²) < 4.78 is 28.9. The highest BCUT2D eigenvalue weighted by molar-refractivity contribution is 7.92. The number of H-pyrrole nitrogens is 1. The fourth-order valence-electron chi connectivity index (χ4n) is 1.87. The maximum absolute atomic E-state index is 12.4. The molecule has 0 unspecified atom stereocenters. The topological polar surface area (TPSA) is 105 Å². The Labute approximate surface area is 117 Å². The number of nitrogens with zero attached hydrogens (tertiary/aromatic N) is 3. The third-order valence-corrected chi connectivity index (χ3v) is 4.31. The molecule has 0 radical (unpaired) electrons. The van der Waals surface area contributed by atoms with E-state index in [0.717, 1.165) is 6.54 Å². The van der Waals surface area contributed by atoms with Gasteiger partial charge < -0.3 is 5.32 Å². The zero-order valence-corrected chi connectivity index (χ0v) is 12.5. The summed E-state index contributed by atoms with van der Waals surface area (Å²) in [5.74, 6) is 0. The minimum atomic E-state index is -3.69. The van der Waals surface area contributed by atoms with Crippen molar-refractivity contribution in [3.8, 4) is 0 Å². The second kappa shape index (κ2) is 5.63. The molecule has 2 rings (SSSR count). The lowest BCUT2D eigenvalue weighted by Gasteiger charge is -2.07. The number of anilines is 1. The molecule has 0 amide bonds. The molecule has 2 aromatic rings. The molecule has 0 spiro atoms. The predicted octanol–water partition coefficient (Wildman–Crippen LogP) is 0.362. The molecule has 20 heavy (non-hydrogen) atoms. The van der Waals surface area contributed by atoms with E-state index in [1.165, 1.54) is 10.9 Å². The summed E-state index contributed by atoms with van der Waals surface area (Å²) in [5.41, 5.74) is 1.40. The SMILES string of the molecule is CCNCc1n[nH]c(C)c1S(=O)(=O)Nc1cnn(C)c1. The Kier molecular flexibility index (Phi) is 4.09. The second-order valence-corrected chi connectivity index (χ2v) is 6.03. The molecular formula is C11H18N6O2S. The zero-order valence-electron chi connectivity index (χ0n) is 11.6. The third kappa shape index (κ3) is 2.99. The Hall–Kier alpha value is -1.87. The van der Waals surface area contributed by atoms with E-state index in [-0.39, 0.29) is 4.90 Å². The predicted molar refractivity (Wildman–Crippen MR) is 74.7 cm³/mol. The normalized spacial score (nSPS) is 11.8. The van der Waals surface area contributed by atoms with Crippen LogP contribution in [0.2, 0.25) is 0 Å². The maximum Gasteiger partial charge on any atom is 0.265 e. The van der Waals surface area contributed by atoms with Crippen LogP contribution in [0.25, 0.3) is 0 Å². The van der Waals surface area contributed by atoms with Crippen LogP contribution in [0.3, 0.4) is 0 Å². The summed E-state index contributed by atoms with van der Waals surface area (Å²) in [6, 6.07) is 0. The quantitative estimate of drug-likeness (QED) is 0.714. The van der Waals surface area contributed by atoms with Crippen molar-refractivity contribution < 1.29 is 8.42 Å². The minimum Gasteiger partial charge on any atom is -0.311 e.